The van der Waals surface area contributed by atoms with Crippen LogP contribution in [0.15, 0.2) is 47.4 Å². The number of sulfonamides is 1. The average molecular weight is 415 g/mol. The van der Waals surface area contributed by atoms with Gasteiger partial charge in [0.2, 0.25) is 10.0 Å². The van der Waals surface area contributed by atoms with E-state index in [0.717, 1.165) is 30.6 Å². The zero-order chi connectivity index (χ0) is 21.2. The Balaban J connectivity index is 1.66. The van der Waals surface area contributed by atoms with Gasteiger partial charge in [0.25, 0.3) is 5.91 Å². The van der Waals surface area contributed by atoms with Gasteiger partial charge in [-0.25, -0.2) is 13.1 Å². The molecule has 6 heteroatoms. The van der Waals surface area contributed by atoms with Crippen molar-refractivity contribution in [3.05, 3.63) is 64.7 Å². The molecule has 0 aliphatic carbocycles. The molecule has 1 saturated heterocycles. The number of rotatable bonds is 5. The molecule has 1 amide bonds. The fourth-order valence-electron chi connectivity index (χ4n) is 4.03. The highest BCUT2D eigenvalue weighted by Gasteiger charge is 2.26. The van der Waals surface area contributed by atoms with Gasteiger partial charge in [-0.1, -0.05) is 38.1 Å². The van der Waals surface area contributed by atoms with Gasteiger partial charge < -0.3 is 4.90 Å². The summed E-state index contributed by atoms with van der Waals surface area (Å²) in [5.41, 5.74) is 3.08. The van der Waals surface area contributed by atoms with Crippen molar-refractivity contribution < 1.29 is 13.2 Å². The molecule has 2 aromatic carbocycles. The SMILES string of the molecule is Cc1ccc(C)c(S(=O)(=O)NCc2ccc(C(=O)N3C[C@H](C)C[C@@H](C)C3)cc2)c1. The van der Waals surface area contributed by atoms with E-state index < -0.39 is 10.0 Å². The van der Waals surface area contributed by atoms with E-state index in [1.54, 1.807) is 25.1 Å². The second kappa shape index (κ2) is 8.67. The minimum Gasteiger partial charge on any atom is -0.338 e. The minimum atomic E-state index is -3.59. The molecular formula is C23H30N2O3S. The molecule has 1 aliphatic rings. The van der Waals surface area contributed by atoms with Crippen molar-refractivity contribution in [1.29, 1.82) is 0 Å². The van der Waals surface area contributed by atoms with Gasteiger partial charge in [-0.3, -0.25) is 4.79 Å². The number of carbonyl (C=O) groups is 1. The summed E-state index contributed by atoms with van der Waals surface area (Å²) < 4.78 is 28.0. The van der Waals surface area contributed by atoms with Gasteiger partial charge in [0.1, 0.15) is 0 Å². The fourth-order valence-corrected chi connectivity index (χ4v) is 5.37. The van der Waals surface area contributed by atoms with E-state index in [4.69, 9.17) is 0 Å². The monoisotopic (exact) mass is 414 g/mol. The number of hydrogen-bond donors (Lipinski definition) is 1. The van der Waals surface area contributed by atoms with Crippen LogP contribution in [0.2, 0.25) is 0 Å². The molecule has 5 nitrogen and oxygen atoms in total. The summed E-state index contributed by atoms with van der Waals surface area (Å²) in [4.78, 5) is 15.0. The fraction of sp³-hybridized carbons (Fsp3) is 0.435. The number of amides is 1. The van der Waals surface area contributed by atoms with Gasteiger partial charge in [0, 0.05) is 25.2 Å². The summed E-state index contributed by atoms with van der Waals surface area (Å²) in [6.07, 6.45) is 1.16. The number of nitrogens with one attached hydrogen (secondary N) is 1. The number of carbonyl (C=O) groups excluding carboxylic acids is 1. The molecule has 29 heavy (non-hydrogen) atoms. The average Bonchev–Trinajstić information content (AvgIpc) is 2.67. The van der Waals surface area contributed by atoms with Crippen LogP contribution >= 0.6 is 0 Å². The molecular weight excluding hydrogens is 384 g/mol. The maximum atomic E-state index is 12.8. The van der Waals surface area contributed by atoms with Gasteiger partial charge in [0.15, 0.2) is 0 Å². The van der Waals surface area contributed by atoms with Crippen LogP contribution in [0.3, 0.4) is 0 Å². The van der Waals surface area contributed by atoms with Crippen LogP contribution in [0.25, 0.3) is 0 Å². The molecule has 1 aliphatic heterocycles. The van der Waals surface area contributed by atoms with Gasteiger partial charge >= 0.3 is 0 Å². The quantitative estimate of drug-likeness (QED) is 0.807. The van der Waals surface area contributed by atoms with Gasteiger partial charge in [-0.05, 0) is 67.0 Å². The number of piperidine rings is 1. The van der Waals surface area contributed by atoms with Crippen molar-refractivity contribution in [1.82, 2.24) is 9.62 Å². The van der Waals surface area contributed by atoms with E-state index in [2.05, 4.69) is 18.6 Å². The third kappa shape index (κ3) is 5.25. The Labute approximate surface area is 174 Å². The van der Waals surface area contributed by atoms with Crippen molar-refractivity contribution in [2.45, 2.75) is 45.6 Å². The van der Waals surface area contributed by atoms with E-state index >= 15 is 0 Å². The summed E-state index contributed by atoms with van der Waals surface area (Å²) in [5.74, 6) is 1.08. The Morgan fingerprint density at radius 2 is 1.66 bits per heavy atom. The molecule has 0 radical (unpaired) electrons. The molecule has 3 rings (SSSR count). The highest BCUT2D eigenvalue weighted by molar-refractivity contribution is 7.89. The Kier molecular flexibility index (Phi) is 6.44. The Morgan fingerprint density at radius 1 is 1.03 bits per heavy atom. The first-order valence-electron chi connectivity index (χ1n) is 10.1. The third-order valence-corrected chi connectivity index (χ3v) is 7.00. The molecule has 0 saturated carbocycles. The maximum Gasteiger partial charge on any atom is 0.253 e. The molecule has 2 aromatic rings. The van der Waals surface area contributed by atoms with Crippen molar-refractivity contribution in [3.63, 3.8) is 0 Å². The number of hydrogen-bond acceptors (Lipinski definition) is 3. The predicted molar refractivity (Wildman–Crippen MR) is 115 cm³/mol. The lowest BCUT2D eigenvalue weighted by molar-refractivity contribution is 0.0623. The van der Waals surface area contributed by atoms with Crippen LogP contribution in [0.4, 0.5) is 0 Å². The second-order valence-electron chi connectivity index (χ2n) is 8.45. The Bertz CT molecular complexity index is 974. The molecule has 1 N–H and O–H groups in total. The van der Waals surface area contributed by atoms with Gasteiger partial charge in [-0.15, -0.1) is 0 Å². The van der Waals surface area contributed by atoms with Crippen molar-refractivity contribution in [3.8, 4) is 0 Å². The number of aryl methyl sites for hydroxylation is 2. The van der Waals surface area contributed by atoms with Crippen molar-refractivity contribution >= 4 is 15.9 Å². The van der Waals surface area contributed by atoms with E-state index in [1.807, 2.05) is 36.1 Å². The van der Waals surface area contributed by atoms with Crippen LogP contribution in [0, 0.1) is 25.7 Å². The topological polar surface area (TPSA) is 66.5 Å². The normalized spacial score (nSPS) is 19.9. The zero-order valence-electron chi connectivity index (χ0n) is 17.6. The summed E-state index contributed by atoms with van der Waals surface area (Å²) >= 11 is 0. The minimum absolute atomic E-state index is 0.0471. The number of nitrogens with zero attached hydrogens (tertiary/aromatic N) is 1. The molecule has 0 spiro atoms. The Hall–Kier alpha value is -2.18. The second-order valence-corrected chi connectivity index (χ2v) is 10.2. The largest absolute Gasteiger partial charge is 0.338 e. The lowest BCUT2D eigenvalue weighted by atomic mass is 9.91. The summed E-state index contributed by atoms with van der Waals surface area (Å²) in [6.45, 7) is 9.79. The maximum absolute atomic E-state index is 12.8. The van der Waals surface area contributed by atoms with Crippen LogP contribution in [0.5, 0.6) is 0 Å². The van der Waals surface area contributed by atoms with Crippen LogP contribution in [0.1, 0.15) is 47.3 Å². The first-order valence-corrected chi connectivity index (χ1v) is 11.6. The molecule has 2 atom stereocenters. The van der Waals surface area contributed by atoms with Gasteiger partial charge in [0.05, 0.1) is 4.90 Å². The van der Waals surface area contributed by atoms with Crippen molar-refractivity contribution in [2.75, 3.05) is 13.1 Å². The predicted octanol–water partition coefficient (Wildman–Crippen LogP) is 3.90. The van der Waals surface area contributed by atoms with E-state index in [1.165, 1.54) is 0 Å². The summed E-state index contributed by atoms with van der Waals surface area (Å²) in [7, 11) is -3.59. The highest BCUT2D eigenvalue weighted by Crippen LogP contribution is 2.23. The van der Waals surface area contributed by atoms with Crippen LogP contribution < -0.4 is 4.72 Å². The molecule has 0 unspecified atom stereocenters. The standard InChI is InChI=1S/C23H30N2O3S/c1-16-5-6-19(4)22(12-16)29(27,28)24-13-20-7-9-21(10-8-20)23(26)25-14-17(2)11-18(3)15-25/h5-10,12,17-18,24H,11,13-15H2,1-4H3/t17-,18-/m1/s1. The van der Waals surface area contributed by atoms with Crippen molar-refractivity contribution in [2.24, 2.45) is 11.8 Å². The summed E-state index contributed by atoms with van der Waals surface area (Å²) in [6, 6.07) is 12.6. The lowest BCUT2D eigenvalue weighted by Crippen LogP contribution is -2.42. The van der Waals surface area contributed by atoms with E-state index in [9.17, 15) is 13.2 Å². The number of likely N-dealkylation sites (tertiary alicyclic amines) is 1. The molecule has 1 fully saturated rings. The zero-order valence-corrected chi connectivity index (χ0v) is 18.4. The van der Waals surface area contributed by atoms with Gasteiger partial charge in [-0.2, -0.15) is 0 Å². The molecule has 1 heterocycles. The first-order chi connectivity index (χ1) is 13.7. The lowest BCUT2D eigenvalue weighted by Gasteiger charge is -2.35. The number of benzene rings is 2. The summed E-state index contributed by atoms with van der Waals surface area (Å²) in [5, 5.41) is 0. The highest BCUT2D eigenvalue weighted by atomic mass is 32.2. The van der Waals surface area contributed by atoms with Crippen LogP contribution in [-0.2, 0) is 16.6 Å². The van der Waals surface area contributed by atoms with Crippen LogP contribution in [-0.4, -0.2) is 32.3 Å². The third-order valence-electron chi connectivity index (χ3n) is 5.46. The molecule has 0 bridgehead atoms. The first kappa shape index (κ1) is 21.5. The molecule has 156 valence electrons. The Morgan fingerprint density at radius 3 is 2.28 bits per heavy atom. The van der Waals surface area contributed by atoms with E-state index in [0.29, 0.717) is 27.9 Å². The van der Waals surface area contributed by atoms with E-state index in [-0.39, 0.29) is 12.5 Å². The molecule has 0 aromatic heterocycles. The smallest absolute Gasteiger partial charge is 0.253 e.